The van der Waals surface area contributed by atoms with Gasteiger partial charge in [-0.3, -0.25) is 18.6 Å². The molecule has 0 spiro atoms. The minimum absolute atomic E-state index is 0.0523. The van der Waals surface area contributed by atoms with Crippen LogP contribution in [-0.4, -0.2) is 49.3 Å². The van der Waals surface area contributed by atoms with Gasteiger partial charge < -0.3 is 20.1 Å². The van der Waals surface area contributed by atoms with E-state index in [-0.39, 0.29) is 38.6 Å². The minimum atomic E-state index is -4.37. The molecule has 0 aromatic rings. The first kappa shape index (κ1) is 50.5. The van der Waals surface area contributed by atoms with E-state index in [4.69, 9.17) is 24.3 Å². The maximum atomic E-state index is 12.5. The molecule has 1 unspecified atom stereocenters. The van der Waals surface area contributed by atoms with Crippen LogP contribution < -0.4 is 5.73 Å². The third-order valence-electron chi connectivity index (χ3n) is 9.06. The number of unbranched alkanes of at least 4 members (excludes halogenated alkanes) is 23. The van der Waals surface area contributed by atoms with Crippen molar-refractivity contribution in [3.8, 4) is 0 Å². The zero-order valence-electron chi connectivity index (χ0n) is 33.6. The van der Waals surface area contributed by atoms with Gasteiger partial charge in [0.05, 0.1) is 13.2 Å². The lowest BCUT2D eigenvalue weighted by Crippen LogP contribution is -2.29. The summed E-state index contributed by atoms with van der Waals surface area (Å²) in [5.41, 5.74) is 5.34. The molecule has 0 rings (SSSR count). The second kappa shape index (κ2) is 39.2. The van der Waals surface area contributed by atoms with Crippen molar-refractivity contribution in [2.75, 3.05) is 26.4 Å². The number of hydrogen-bond acceptors (Lipinski definition) is 8. The van der Waals surface area contributed by atoms with Crippen LogP contribution in [-0.2, 0) is 32.7 Å². The number of allylic oxidation sites excluding steroid dienone is 4. The first-order valence-electron chi connectivity index (χ1n) is 21.3. The summed E-state index contributed by atoms with van der Waals surface area (Å²) in [7, 11) is -4.37. The molecule has 0 saturated carbocycles. The number of phosphoric acid groups is 1. The van der Waals surface area contributed by atoms with E-state index in [1.54, 1.807) is 0 Å². The van der Waals surface area contributed by atoms with Crippen LogP contribution in [0.3, 0.4) is 0 Å². The van der Waals surface area contributed by atoms with E-state index in [2.05, 4.69) is 38.2 Å². The summed E-state index contributed by atoms with van der Waals surface area (Å²) in [6, 6.07) is 0. The number of rotatable bonds is 40. The Hall–Kier alpha value is -1.51. The molecule has 0 aliphatic heterocycles. The molecule has 0 saturated heterocycles. The fourth-order valence-corrected chi connectivity index (χ4v) is 6.62. The molecular formula is C42H80NO8P. The summed E-state index contributed by atoms with van der Waals surface area (Å²) in [5, 5.41) is 0. The lowest BCUT2D eigenvalue weighted by atomic mass is 10.1. The molecule has 52 heavy (non-hydrogen) atoms. The number of ether oxygens (including phenoxy) is 2. The average Bonchev–Trinajstić information content (AvgIpc) is 3.13. The second-order valence-electron chi connectivity index (χ2n) is 14.2. The largest absolute Gasteiger partial charge is 0.472 e. The van der Waals surface area contributed by atoms with Crippen LogP contribution in [0.2, 0.25) is 0 Å². The number of carbonyl (C=O) groups is 2. The molecule has 0 aromatic carbocycles. The highest BCUT2D eigenvalue weighted by atomic mass is 31.2. The monoisotopic (exact) mass is 758 g/mol. The van der Waals surface area contributed by atoms with Gasteiger partial charge in [0.25, 0.3) is 0 Å². The molecule has 0 aromatic heterocycles. The molecule has 9 nitrogen and oxygen atoms in total. The van der Waals surface area contributed by atoms with Gasteiger partial charge in [-0.05, 0) is 64.2 Å². The molecular weight excluding hydrogens is 677 g/mol. The van der Waals surface area contributed by atoms with Crippen molar-refractivity contribution in [1.82, 2.24) is 0 Å². The molecule has 0 heterocycles. The van der Waals surface area contributed by atoms with E-state index >= 15 is 0 Å². The summed E-state index contributed by atoms with van der Waals surface area (Å²) >= 11 is 0. The summed E-state index contributed by atoms with van der Waals surface area (Å²) in [4.78, 5) is 34.8. The molecule has 0 radical (unpaired) electrons. The number of hydrogen-bond donors (Lipinski definition) is 2. The third kappa shape index (κ3) is 38.2. The van der Waals surface area contributed by atoms with Crippen LogP contribution in [0.1, 0.15) is 200 Å². The molecule has 306 valence electrons. The lowest BCUT2D eigenvalue weighted by Gasteiger charge is -2.19. The van der Waals surface area contributed by atoms with Crippen molar-refractivity contribution >= 4 is 19.8 Å². The van der Waals surface area contributed by atoms with E-state index in [1.807, 2.05) is 0 Å². The van der Waals surface area contributed by atoms with Gasteiger partial charge in [0.15, 0.2) is 6.10 Å². The minimum Gasteiger partial charge on any atom is -0.462 e. The van der Waals surface area contributed by atoms with E-state index in [0.717, 1.165) is 64.2 Å². The first-order valence-corrected chi connectivity index (χ1v) is 22.8. The molecule has 0 bridgehead atoms. The van der Waals surface area contributed by atoms with Gasteiger partial charge in [0.1, 0.15) is 6.61 Å². The number of nitrogens with two attached hydrogens (primary N) is 1. The number of esters is 2. The van der Waals surface area contributed by atoms with Crippen LogP contribution >= 0.6 is 7.82 Å². The van der Waals surface area contributed by atoms with Crippen LogP contribution in [0.4, 0.5) is 0 Å². The molecule has 3 N–H and O–H groups in total. The van der Waals surface area contributed by atoms with Gasteiger partial charge in [0.2, 0.25) is 0 Å². The average molecular weight is 758 g/mol. The van der Waals surface area contributed by atoms with Gasteiger partial charge in [0, 0.05) is 19.4 Å². The Morgan fingerprint density at radius 3 is 1.40 bits per heavy atom. The smallest absolute Gasteiger partial charge is 0.462 e. The number of phosphoric ester groups is 1. The van der Waals surface area contributed by atoms with E-state index < -0.39 is 26.5 Å². The molecule has 2 atom stereocenters. The molecule has 0 fully saturated rings. The first-order chi connectivity index (χ1) is 25.3. The summed E-state index contributed by atoms with van der Waals surface area (Å²) in [6.07, 6.45) is 40.7. The van der Waals surface area contributed by atoms with Crippen molar-refractivity contribution in [2.45, 2.75) is 206 Å². The molecule has 10 heteroatoms. The molecule has 0 aliphatic carbocycles. The zero-order chi connectivity index (χ0) is 38.2. The second-order valence-corrected chi connectivity index (χ2v) is 15.7. The van der Waals surface area contributed by atoms with Crippen molar-refractivity contribution in [1.29, 1.82) is 0 Å². The van der Waals surface area contributed by atoms with Gasteiger partial charge >= 0.3 is 19.8 Å². The van der Waals surface area contributed by atoms with E-state index in [0.29, 0.717) is 6.42 Å². The van der Waals surface area contributed by atoms with Crippen molar-refractivity contribution in [2.24, 2.45) is 5.73 Å². The van der Waals surface area contributed by atoms with Crippen LogP contribution in [0.15, 0.2) is 24.3 Å². The summed E-state index contributed by atoms with van der Waals surface area (Å²) in [6.45, 7) is 3.70. The highest BCUT2D eigenvalue weighted by Gasteiger charge is 2.26. The summed E-state index contributed by atoms with van der Waals surface area (Å²) < 4.78 is 32.7. The Balaban J connectivity index is 4.12. The molecule has 0 aliphatic rings. The van der Waals surface area contributed by atoms with Crippen LogP contribution in [0, 0.1) is 0 Å². The normalized spacial score (nSPS) is 13.5. The fourth-order valence-electron chi connectivity index (χ4n) is 5.86. The van der Waals surface area contributed by atoms with Crippen molar-refractivity contribution < 1.29 is 37.6 Å². The lowest BCUT2D eigenvalue weighted by molar-refractivity contribution is -0.161. The Bertz CT molecular complexity index is 912. The highest BCUT2D eigenvalue weighted by Crippen LogP contribution is 2.43. The van der Waals surface area contributed by atoms with Gasteiger partial charge in [-0.2, -0.15) is 0 Å². The Morgan fingerprint density at radius 1 is 0.558 bits per heavy atom. The van der Waals surface area contributed by atoms with Gasteiger partial charge in [-0.15, -0.1) is 0 Å². The van der Waals surface area contributed by atoms with Gasteiger partial charge in [-0.25, -0.2) is 4.57 Å². The van der Waals surface area contributed by atoms with E-state index in [9.17, 15) is 19.0 Å². The Kier molecular flexibility index (Phi) is 38.1. The third-order valence-corrected chi connectivity index (χ3v) is 10.0. The SMILES string of the molecule is CCCCC/C=C\CCCCCCCC(=O)O[C@H](COC(=O)CCCCCCCCC/C=C\CCCCCCCCCC)COP(=O)(O)OCCN. The standard InChI is InChI=1S/C42H80NO8P/c1-3-5-7-9-11-13-15-17-18-19-20-21-22-23-25-26-28-30-32-34-41(44)48-38-40(39-50-52(46,47)49-37-36-43)51-42(45)35-33-31-29-27-24-16-14-12-10-8-6-4-2/h12,14,19-20,40H,3-11,13,15-18,21-39,43H2,1-2H3,(H,46,47)/b14-12-,20-19-/t40-/m1/s1. The number of carbonyl (C=O) groups excluding carboxylic acids is 2. The van der Waals surface area contributed by atoms with Crippen molar-refractivity contribution in [3.05, 3.63) is 24.3 Å². The summed E-state index contributed by atoms with van der Waals surface area (Å²) in [5.74, 6) is -0.840. The quantitative estimate of drug-likeness (QED) is 0.0271. The maximum Gasteiger partial charge on any atom is 0.472 e. The van der Waals surface area contributed by atoms with E-state index in [1.165, 1.54) is 103 Å². The zero-order valence-corrected chi connectivity index (χ0v) is 34.4. The molecule has 0 amide bonds. The van der Waals surface area contributed by atoms with Gasteiger partial charge in [-0.1, -0.05) is 147 Å². The topological polar surface area (TPSA) is 134 Å². The van der Waals surface area contributed by atoms with Crippen LogP contribution in [0.25, 0.3) is 0 Å². The fraction of sp³-hybridized carbons (Fsp3) is 0.857. The predicted molar refractivity (Wildman–Crippen MR) is 215 cm³/mol. The Labute approximate surface area is 319 Å². The Morgan fingerprint density at radius 2 is 0.942 bits per heavy atom. The predicted octanol–water partition coefficient (Wildman–Crippen LogP) is 12.0. The maximum absolute atomic E-state index is 12.5. The van der Waals surface area contributed by atoms with Crippen LogP contribution in [0.5, 0.6) is 0 Å². The highest BCUT2D eigenvalue weighted by molar-refractivity contribution is 7.47. The van der Waals surface area contributed by atoms with Crippen molar-refractivity contribution in [3.63, 3.8) is 0 Å².